The Labute approximate surface area is 167 Å². The summed E-state index contributed by atoms with van der Waals surface area (Å²) in [7, 11) is 1.42. The summed E-state index contributed by atoms with van der Waals surface area (Å²) in [6.45, 7) is -0.495. The van der Waals surface area contributed by atoms with Gasteiger partial charge in [-0.1, -0.05) is 0 Å². The van der Waals surface area contributed by atoms with Gasteiger partial charge in [-0.3, -0.25) is 0 Å². The molecule has 0 saturated carbocycles. The maximum absolute atomic E-state index is 12.8. The number of carboxylic acid groups (broad SMARTS) is 1. The predicted octanol–water partition coefficient (Wildman–Crippen LogP) is 3.06. The van der Waals surface area contributed by atoms with Gasteiger partial charge in [-0.15, -0.1) is 0 Å². The molecule has 0 radical (unpaired) electrons. The van der Waals surface area contributed by atoms with Crippen LogP contribution >= 0.6 is 22.6 Å². The van der Waals surface area contributed by atoms with Gasteiger partial charge in [-0.05, 0) is 64.6 Å². The van der Waals surface area contributed by atoms with E-state index < -0.39 is 24.4 Å². The van der Waals surface area contributed by atoms with Crippen LogP contribution in [0.4, 0.5) is 14.9 Å². The Kier molecular flexibility index (Phi) is 7.34. The second-order valence-corrected chi connectivity index (χ2v) is 6.21. The number of nitrogens with zero attached hydrogens (tertiary/aromatic N) is 1. The van der Waals surface area contributed by atoms with Gasteiger partial charge in [0.15, 0.2) is 18.1 Å². The van der Waals surface area contributed by atoms with Gasteiger partial charge in [0.05, 0.1) is 16.9 Å². The van der Waals surface area contributed by atoms with Crippen LogP contribution in [0.3, 0.4) is 0 Å². The molecule has 0 aliphatic heterocycles. The van der Waals surface area contributed by atoms with Crippen LogP contribution in [0.1, 0.15) is 5.56 Å². The van der Waals surface area contributed by atoms with E-state index in [0.29, 0.717) is 26.3 Å². The molecule has 2 amide bonds. The van der Waals surface area contributed by atoms with E-state index in [1.165, 1.54) is 37.6 Å². The summed E-state index contributed by atoms with van der Waals surface area (Å²) >= 11 is 1.97. The zero-order valence-electron chi connectivity index (χ0n) is 14.0. The number of hydrogen-bond acceptors (Lipinski definition) is 5. The first kappa shape index (κ1) is 20.4. The molecule has 0 saturated heterocycles. The molecule has 2 aromatic rings. The summed E-state index contributed by atoms with van der Waals surface area (Å²) < 4.78 is 23.9. The van der Waals surface area contributed by atoms with Crippen molar-refractivity contribution in [2.75, 3.05) is 19.0 Å². The molecular weight excluding hydrogens is 472 g/mol. The highest BCUT2D eigenvalue weighted by Crippen LogP contribution is 2.33. The van der Waals surface area contributed by atoms with Gasteiger partial charge in [0.25, 0.3) is 0 Å². The standard InChI is InChI=1S/C17H15FIN3O5/c1-26-14-7-10(6-13(19)16(14)27-9-15(23)24)8-20-22-17(25)21-12-4-2-11(18)3-5-12/h2-8H,9H2,1H3,(H,23,24)(H2,21,22,25)/b20-8+. The molecule has 0 fully saturated rings. The minimum Gasteiger partial charge on any atom is -0.493 e. The zero-order valence-corrected chi connectivity index (χ0v) is 16.2. The van der Waals surface area contributed by atoms with Crippen LogP contribution in [0.5, 0.6) is 11.5 Å². The highest BCUT2D eigenvalue weighted by atomic mass is 127. The summed E-state index contributed by atoms with van der Waals surface area (Å²) in [5, 5.41) is 15.0. The first-order chi connectivity index (χ1) is 12.9. The molecule has 27 heavy (non-hydrogen) atoms. The first-order valence-corrected chi connectivity index (χ1v) is 8.54. The van der Waals surface area contributed by atoms with Gasteiger partial charge < -0.3 is 19.9 Å². The Hall–Kier alpha value is -2.89. The van der Waals surface area contributed by atoms with Gasteiger partial charge in [0, 0.05) is 5.69 Å². The normalized spacial score (nSPS) is 10.5. The number of aliphatic carboxylic acids is 1. The second-order valence-electron chi connectivity index (χ2n) is 5.05. The lowest BCUT2D eigenvalue weighted by molar-refractivity contribution is -0.139. The molecule has 0 bridgehead atoms. The van der Waals surface area contributed by atoms with E-state index in [1.54, 1.807) is 12.1 Å². The van der Waals surface area contributed by atoms with E-state index in [1.807, 2.05) is 22.6 Å². The highest BCUT2D eigenvalue weighted by Gasteiger charge is 2.12. The maximum atomic E-state index is 12.8. The molecule has 2 rings (SSSR count). The van der Waals surface area contributed by atoms with Crippen LogP contribution in [0.15, 0.2) is 41.5 Å². The summed E-state index contributed by atoms with van der Waals surface area (Å²) in [5.41, 5.74) is 3.29. The third-order valence-corrected chi connectivity index (χ3v) is 3.87. The minimum absolute atomic E-state index is 0.305. The van der Waals surface area contributed by atoms with Crippen molar-refractivity contribution >= 4 is 46.5 Å². The molecule has 0 spiro atoms. The number of amides is 2. The number of carboxylic acids is 1. The number of rotatable bonds is 7. The largest absolute Gasteiger partial charge is 0.493 e. The van der Waals surface area contributed by atoms with Crippen LogP contribution in [0.2, 0.25) is 0 Å². The van der Waals surface area contributed by atoms with Gasteiger partial charge in [0.2, 0.25) is 0 Å². The topological polar surface area (TPSA) is 109 Å². The number of carbonyl (C=O) groups excluding carboxylic acids is 1. The zero-order chi connectivity index (χ0) is 19.8. The number of nitrogens with one attached hydrogen (secondary N) is 2. The lowest BCUT2D eigenvalue weighted by atomic mass is 10.2. The molecule has 0 unspecified atom stereocenters. The SMILES string of the molecule is COc1cc(/C=N/NC(=O)Nc2ccc(F)cc2)cc(I)c1OCC(=O)O. The minimum atomic E-state index is -1.10. The number of methoxy groups -OCH3 is 1. The van der Waals surface area contributed by atoms with Crippen molar-refractivity contribution in [1.82, 2.24) is 5.43 Å². The molecule has 142 valence electrons. The number of anilines is 1. The first-order valence-electron chi connectivity index (χ1n) is 7.47. The lowest BCUT2D eigenvalue weighted by Crippen LogP contribution is -2.24. The smallest absolute Gasteiger partial charge is 0.341 e. The monoisotopic (exact) mass is 487 g/mol. The Morgan fingerprint density at radius 3 is 2.63 bits per heavy atom. The third kappa shape index (κ3) is 6.40. The van der Waals surface area contributed by atoms with E-state index >= 15 is 0 Å². The number of carbonyl (C=O) groups is 2. The lowest BCUT2D eigenvalue weighted by Gasteiger charge is -2.12. The van der Waals surface area contributed by atoms with E-state index in [-0.39, 0.29) is 0 Å². The van der Waals surface area contributed by atoms with Crippen molar-refractivity contribution in [3.05, 3.63) is 51.3 Å². The van der Waals surface area contributed by atoms with Crippen LogP contribution in [-0.4, -0.2) is 37.0 Å². The van der Waals surface area contributed by atoms with Crippen molar-refractivity contribution in [2.45, 2.75) is 0 Å². The predicted molar refractivity (Wildman–Crippen MR) is 105 cm³/mol. The molecule has 10 heteroatoms. The number of urea groups is 1. The summed E-state index contributed by atoms with van der Waals surface area (Å²) in [6.07, 6.45) is 1.38. The summed E-state index contributed by atoms with van der Waals surface area (Å²) in [5.74, 6) is -0.867. The highest BCUT2D eigenvalue weighted by molar-refractivity contribution is 14.1. The fourth-order valence-electron chi connectivity index (χ4n) is 1.95. The van der Waals surface area contributed by atoms with Gasteiger partial charge in [0.1, 0.15) is 5.82 Å². The quantitative estimate of drug-likeness (QED) is 0.316. The van der Waals surface area contributed by atoms with Crippen molar-refractivity contribution in [3.63, 3.8) is 0 Å². The Bertz CT molecular complexity index is 858. The number of halogens is 2. The van der Waals surface area contributed by atoms with E-state index in [4.69, 9.17) is 14.6 Å². The van der Waals surface area contributed by atoms with E-state index in [0.717, 1.165) is 0 Å². The van der Waals surface area contributed by atoms with Crippen LogP contribution in [0, 0.1) is 9.39 Å². The third-order valence-electron chi connectivity index (χ3n) is 3.07. The Morgan fingerprint density at radius 1 is 1.30 bits per heavy atom. The molecule has 3 N–H and O–H groups in total. The van der Waals surface area contributed by atoms with Crippen molar-refractivity contribution in [3.8, 4) is 11.5 Å². The van der Waals surface area contributed by atoms with Gasteiger partial charge in [-0.25, -0.2) is 19.4 Å². The molecule has 0 aromatic heterocycles. The average Bonchev–Trinajstić information content (AvgIpc) is 2.62. The Balaban J connectivity index is 2.01. The van der Waals surface area contributed by atoms with Gasteiger partial charge >= 0.3 is 12.0 Å². The fraction of sp³-hybridized carbons (Fsp3) is 0.118. The fourth-order valence-corrected chi connectivity index (χ4v) is 2.73. The van der Waals surface area contributed by atoms with Gasteiger partial charge in [-0.2, -0.15) is 5.10 Å². The maximum Gasteiger partial charge on any atom is 0.341 e. The summed E-state index contributed by atoms with van der Waals surface area (Å²) in [6, 6.07) is 7.96. The van der Waals surface area contributed by atoms with Crippen molar-refractivity contribution < 1.29 is 28.6 Å². The van der Waals surface area contributed by atoms with Crippen LogP contribution in [-0.2, 0) is 4.79 Å². The van der Waals surface area contributed by atoms with Crippen molar-refractivity contribution in [1.29, 1.82) is 0 Å². The molecule has 0 heterocycles. The molecule has 0 aliphatic rings. The van der Waals surface area contributed by atoms with Crippen molar-refractivity contribution in [2.24, 2.45) is 5.10 Å². The number of hydrazone groups is 1. The number of ether oxygens (including phenoxy) is 2. The molecular formula is C17H15FIN3O5. The van der Waals surface area contributed by atoms with E-state index in [9.17, 15) is 14.0 Å². The molecule has 2 aromatic carbocycles. The number of hydrogen-bond donors (Lipinski definition) is 3. The average molecular weight is 487 g/mol. The second kappa shape index (κ2) is 9.71. The van der Waals surface area contributed by atoms with Crippen LogP contribution in [0.25, 0.3) is 0 Å². The van der Waals surface area contributed by atoms with E-state index in [2.05, 4.69) is 15.8 Å². The summed E-state index contributed by atoms with van der Waals surface area (Å²) in [4.78, 5) is 22.4. The molecule has 0 aliphatic carbocycles. The number of benzene rings is 2. The van der Waals surface area contributed by atoms with Crippen LogP contribution < -0.4 is 20.2 Å². The Morgan fingerprint density at radius 2 is 2.00 bits per heavy atom. The molecule has 0 atom stereocenters. The molecule has 8 nitrogen and oxygen atoms in total.